The summed E-state index contributed by atoms with van der Waals surface area (Å²) in [5.41, 5.74) is 3.35. The minimum Gasteiger partial charge on any atom is -0.376 e. The maximum Gasteiger partial charge on any atom is 0.0635 e. The Morgan fingerprint density at radius 2 is 2.11 bits per heavy atom. The van der Waals surface area contributed by atoms with Gasteiger partial charge in [-0.3, -0.25) is 4.98 Å². The first-order valence-electron chi connectivity index (χ1n) is 6.48. The van der Waals surface area contributed by atoms with E-state index in [1.54, 1.807) is 0 Å². The zero-order chi connectivity index (χ0) is 12.5. The van der Waals surface area contributed by atoms with Crippen LogP contribution in [0.25, 0.3) is 0 Å². The number of aromatic nitrogens is 1. The van der Waals surface area contributed by atoms with Crippen LogP contribution in [-0.2, 0) is 0 Å². The zero-order valence-corrected chi connectivity index (χ0v) is 11.6. The monoisotopic (exact) mass is 258 g/mol. The molecule has 1 fully saturated rings. The number of rotatable bonds is 4. The molecule has 2 aromatic rings. The van der Waals surface area contributed by atoms with E-state index in [4.69, 9.17) is 0 Å². The van der Waals surface area contributed by atoms with Crippen molar-refractivity contribution in [1.29, 1.82) is 0 Å². The normalized spacial score (nSPS) is 16.6. The molecule has 0 bridgehead atoms. The van der Waals surface area contributed by atoms with Crippen LogP contribution >= 0.6 is 11.3 Å². The summed E-state index contributed by atoms with van der Waals surface area (Å²) in [6, 6.07) is 9.07. The van der Waals surface area contributed by atoms with E-state index in [-0.39, 0.29) is 0 Å². The van der Waals surface area contributed by atoms with Crippen LogP contribution in [-0.4, -0.2) is 4.98 Å². The predicted octanol–water partition coefficient (Wildman–Crippen LogP) is 4.32. The standard InChI is InChI=1S/C15H18N2S/c1-10-5-8-13(11(2)16-10)17-15(12-6-7-12)14-4-3-9-18-14/h3-5,8-9,12,15,17H,6-7H2,1-2H3. The predicted molar refractivity (Wildman–Crippen MR) is 77.1 cm³/mol. The molecule has 2 aromatic heterocycles. The molecule has 18 heavy (non-hydrogen) atoms. The van der Waals surface area contributed by atoms with Crippen LogP contribution in [0.1, 0.15) is 35.1 Å². The van der Waals surface area contributed by atoms with Gasteiger partial charge in [0.25, 0.3) is 0 Å². The number of aryl methyl sites for hydroxylation is 2. The minimum absolute atomic E-state index is 0.466. The SMILES string of the molecule is Cc1ccc(NC(c2cccs2)C2CC2)c(C)n1. The van der Waals surface area contributed by atoms with Crippen LogP contribution in [0.3, 0.4) is 0 Å². The topological polar surface area (TPSA) is 24.9 Å². The van der Waals surface area contributed by atoms with Crippen LogP contribution in [0.2, 0.25) is 0 Å². The number of anilines is 1. The van der Waals surface area contributed by atoms with Crippen molar-refractivity contribution in [3.63, 3.8) is 0 Å². The Hall–Kier alpha value is -1.35. The Kier molecular flexibility index (Phi) is 3.08. The number of nitrogens with zero attached hydrogens (tertiary/aromatic N) is 1. The number of thiophene rings is 1. The summed E-state index contributed by atoms with van der Waals surface area (Å²) in [5.74, 6) is 0.796. The fourth-order valence-electron chi connectivity index (χ4n) is 2.33. The summed E-state index contributed by atoms with van der Waals surface area (Å²) in [6.07, 6.45) is 2.68. The molecule has 3 rings (SSSR count). The molecular formula is C15H18N2S. The van der Waals surface area contributed by atoms with Crippen molar-refractivity contribution in [1.82, 2.24) is 4.98 Å². The molecule has 0 amide bonds. The largest absolute Gasteiger partial charge is 0.376 e. The lowest BCUT2D eigenvalue weighted by atomic mass is 10.1. The Labute approximate surface area is 112 Å². The molecule has 94 valence electrons. The van der Waals surface area contributed by atoms with Gasteiger partial charge in [-0.15, -0.1) is 11.3 Å². The molecule has 1 aliphatic rings. The quantitative estimate of drug-likeness (QED) is 0.883. The number of nitrogens with one attached hydrogen (secondary N) is 1. The van der Waals surface area contributed by atoms with Crippen LogP contribution in [0.4, 0.5) is 5.69 Å². The Morgan fingerprint density at radius 1 is 1.28 bits per heavy atom. The summed E-state index contributed by atoms with van der Waals surface area (Å²) in [6.45, 7) is 4.11. The molecular weight excluding hydrogens is 240 g/mol. The number of hydrogen-bond acceptors (Lipinski definition) is 3. The molecule has 1 N–H and O–H groups in total. The average Bonchev–Trinajstić information content (AvgIpc) is 3.03. The maximum absolute atomic E-state index is 4.53. The van der Waals surface area contributed by atoms with Gasteiger partial charge in [0.05, 0.1) is 17.4 Å². The molecule has 0 spiro atoms. The van der Waals surface area contributed by atoms with E-state index in [0.29, 0.717) is 6.04 Å². The molecule has 2 heterocycles. The Bertz CT molecular complexity index is 529. The molecule has 1 unspecified atom stereocenters. The second kappa shape index (κ2) is 4.73. The molecule has 0 saturated heterocycles. The second-order valence-electron chi connectivity index (χ2n) is 5.06. The van der Waals surface area contributed by atoms with E-state index < -0.39 is 0 Å². The van der Waals surface area contributed by atoms with E-state index in [1.807, 2.05) is 18.3 Å². The smallest absolute Gasteiger partial charge is 0.0635 e. The lowest BCUT2D eigenvalue weighted by Crippen LogP contribution is -2.12. The first-order valence-corrected chi connectivity index (χ1v) is 7.36. The molecule has 2 nitrogen and oxygen atoms in total. The van der Waals surface area contributed by atoms with Gasteiger partial charge in [0.2, 0.25) is 0 Å². The highest BCUT2D eigenvalue weighted by atomic mass is 32.1. The van der Waals surface area contributed by atoms with E-state index in [1.165, 1.54) is 23.4 Å². The zero-order valence-electron chi connectivity index (χ0n) is 10.8. The third kappa shape index (κ3) is 2.41. The maximum atomic E-state index is 4.53. The van der Waals surface area contributed by atoms with Crippen LogP contribution in [0.5, 0.6) is 0 Å². The fraction of sp³-hybridized carbons (Fsp3) is 0.400. The van der Waals surface area contributed by atoms with Gasteiger partial charge in [-0.25, -0.2) is 0 Å². The summed E-state index contributed by atoms with van der Waals surface area (Å²) in [5, 5.41) is 5.85. The Balaban J connectivity index is 1.84. The van der Waals surface area contributed by atoms with Crippen molar-refractivity contribution >= 4 is 17.0 Å². The van der Waals surface area contributed by atoms with Crippen molar-refractivity contribution in [2.75, 3.05) is 5.32 Å². The summed E-state index contributed by atoms with van der Waals surface area (Å²) in [4.78, 5) is 5.97. The highest BCUT2D eigenvalue weighted by molar-refractivity contribution is 7.10. The highest BCUT2D eigenvalue weighted by Crippen LogP contribution is 2.44. The lowest BCUT2D eigenvalue weighted by molar-refractivity contribution is 0.689. The van der Waals surface area contributed by atoms with Crippen LogP contribution < -0.4 is 5.32 Å². The van der Waals surface area contributed by atoms with Crippen molar-refractivity contribution < 1.29 is 0 Å². The fourth-order valence-corrected chi connectivity index (χ4v) is 3.20. The van der Waals surface area contributed by atoms with E-state index in [2.05, 4.69) is 46.9 Å². The summed E-state index contributed by atoms with van der Waals surface area (Å²) in [7, 11) is 0. The lowest BCUT2D eigenvalue weighted by Gasteiger charge is -2.19. The van der Waals surface area contributed by atoms with Crippen molar-refractivity contribution in [3.8, 4) is 0 Å². The van der Waals surface area contributed by atoms with Crippen LogP contribution in [0.15, 0.2) is 29.6 Å². The second-order valence-corrected chi connectivity index (χ2v) is 6.04. The van der Waals surface area contributed by atoms with Gasteiger partial charge < -0.3 is 5.32 Å². The molecule has 1 aliphatic carbocycles. The third-order valence-electron chi connectivity index (χ3n) is 3.48. The third-order valence-corrected chi connectivity index (χ3v) is 4.43. The average molecular weight is 258 g/mol. The molecule has 1 atom stereocenters. The molecule has 0 radical (unpaired) electrons. The first-order chi connectivity index (χ1) is 8.74. The number of pyridine rings is 1. The highest BCUT2D eigenvalue weighted by Gasteiger charge is 2.33. The minimum atomic E-state index is 0.466. The number of hydrogen-bond donors (Lipinski definition) is 1. The summed E-state index contributed by atoms with van der Waals surface area (Å²) < 4.78 is 0. The van der Waals surface area contributed by atoms with Crippen LogP contribution in [0, 0.1) is 19.8 Å². The van der Waals surface area contributed by atoms with Gasteiger partial charge in [0, 0.05) is 10.6 Å². The van der Waals surface area contributed by atoms with Crippen molar-refractivity contribution in [3.05, 3.63) is 45.9 Å². The molecule has 3 heteroatoms. The Morgan fingerprint density at radius 3 is 2.72 bits per heavy atom. The molecule has 0 aromatic carbocycles. The van der Waals surface area contributed by atoms with Crippen molar-refractivity contribution in [2.24, 2.45) is 5.92 Å². The van der Waals surface area contributed by atoms with Gasteiger partial charge in [-0.2, -0.15) is 0 Å². The van der Waals surface area contributed by atoms with E-state index >= 15 is 0 Å². The van der Waals surface area contributed by atoms with E-state index in [9.17, 15) is 0 Å². The molecule has 0 aliphatic heterocycles. The van der Waals surface area contributed by atoms with Gasteiger partial charge in [-0.05, 0) is 56.2 Å². The van der Waals surface area contributed by atoms with Gasteiger partial charge in [0.15, 0.2) is 0 Å². The van der Waals surface area contributed by atoms with Gasteiger partial charge >= 0.3 is 0 Å². The van der Waals surface area contributed by atoms with E-state index in [0.717, 1.165) is 17.3 Å². The first kappa shape index (κ1) is 11.7. The van der Waals surface area contributed by atoms with Gasteiger partial charge in [-0.1, -0.05) is 6.07 Å². The van der Waals surface area contributed by atoms with Crippen molar-refractivity contribution in [2.45, 2.75) is 32.7 Å². The summed E-state index contributed by atoms with van der Waals surface area (Å²) >= 11 is 1.84. The molecule has 1 saturated carbocycles. The van der Waals surface area contributed by atoms with Gasteiger partial charge in [0.1, 0.15) is 0 Å².